The van der Waals surface area contributed by atoms with Gasteiger partial charge in [0.15, 0.2) is 0 Å². The molecule has 1 aliphatic rings. The second-order valence-corrected chi connectivity index (χ2v) is 7.78. The summed E-state index contributed by atoms with van der Waals surface area (Å²) in [7, 11) is 1.63. The van der Waals surface area contributed by atoms with E-state index in [1.165, 1.54) is 11.8 Å². The van der Waals surface area contributed by atoms with Crippen molar-refractivity contribution < 1.29 is 14.3 Å². The molecule has 2 heterocycles. The van der Waals surface area contributed by atoms with Gasteiger partial charge in [-0.1, -0.05) is 30.0 Å². The maximum atomic E-state index is 11.9. The fourth-order valence-corrected chi connectivity index (χ4v) is 4.17. The summed E-state index contributed by atoms with van der Waals surface area (Å²) in [4.78, 5) is 29.5. The van der Waals surface area contributed by atoms with Crippen molar-refractivity contribution in [1.29, 1.82) is 0 Å². The van der Waals surface area contributed by atoms with Gasteiger partial charge in [-0.15, -0.1) is 0 Å². The summed E-state index contributed by atoms with van der Waals surface area (Å²) in [6.45, 7) is 0. The molecule has 1 saturated heterocycles. The van der Waals surface area contributed by atoms with E-state index >= 15 is 0 Å². The largest absolute Gasteiger partial charge is 0.497 e. The van der Waals surface area contributed by atoms with Crippen LogP contribution in [0.3, 0.4) is 0 Å². The maximum Gasteiger partial charge on any atom is 0.290 e. The van der Waals surface area contributed by atoms with Gasteiger partial charge in [0, 0.05) is 15.8 Å². The average molecular weight is 394 g/mol. The zero-order valence-electron chi connectivity index (χ0n) is 14.3. The van der Waals surface area contributed by atoms with E-state index in [0.717, 1.165) is 43.9 Å². The van der Waals surface area contributed by atoms with E-state index in [0.29, 0.717) is 4.91 Å². The molecule has 0 saturated carbocycles. The lowest BCUT2D eigenvalue weighted by molar-refractivity contribution is -0.115. The number of carbonyl (C=O) groups excluding carboxylic acids is 2. The molecule has 1 N–H and O–H groups in total. The Kier molecular flexibility index (Phi) is 4.87. The van der Waals surface area contributed by atoms with Gasteiger partial charge in [-0.3, -0.25) is 14.9 Å². The van der Waals surface area contributed by atoms with Crippen molar-refractivity contribution in [3.63, 3.8) is 0 Å². The van der Waals surface area contributed by atoms with E-state index in [-0.39, 0.29) is 11.1 Å². The summed E-state index contributed by atoms with van der Waals surface area (Å²) < 4.78 is 5.20. The Balaban J connectivity index is 1.78. The van der Waals surface area contributed by atoms with E-state index < -0.39 is 0 Å². The maximum absolute atomic E-state index is 11.9. The van der Waals surface area contributed by atoms with Crippen LogP contribution in [0.25, 0.3) is 17.0 Å². The van der Waals surface area contributed by atoms with Crippen LogP contribution in [0.15, 0.2) is 69.4 Å². The molecule has 27 heavy (non-hydrogen) atoms. The molecule has 0 unspecified atom stereocenters. The zero-order valence-corrected chi connectivity index (χ0v) is 15.9. The Bertz CT molecular complexity index is 1080. The molecule has 3 aromatic rings. The SMILES string of the molecule is COc1ccc(Sc2nc3ccccc3cc2/C=C2/SC(=O)NC2=O)cc1. The third-order valence-electron chi connectivity index (χ3n) is 3.92. The summed E-state index contributed by atoms with van der Waals surface area (Å²) in [5, 5.41) is 3.66. The standard InChI is InChI=1S/C20H14N2O3S2/c1-25-14-6-8-15(9-7-14)26-19-13(11-17-18(23)22-20(24)27-17)10-12-4-2-3-5-16(12)21-19/h2-11H,1H3,(H,22,23,24)/b17-11+. The Morgan fingerprint density at radius 1 is 1.11 bits per heavy atom. The molecule has 1 aromatic heterocycles. The van der Waals surface area contributed by atoms with Gasteiger partial charge < -0.3 is 4.74 Å². The molecule has 7 heteroatoms. The van der Waals surface area contributed by atoms with Gasteiger partial charge in [0.05, 0.1) is 17.5 Å². The molecule has 2 amide bonds. The van der Waals surface area contributed by atoms with Gasteiger partial charge in [-0.2, -0.15) is 0 Å². The number of pyridine rings is 1. The molecule has 1 aliphatic heterocycles. The minimum absolute atomic E-state index is 0.357. The van der Waals surface area contributed by atoms with Crippen molar-refractivity contribution in [3.8, 4) is 5.75 Å². The first-order chi connectivity index (χ1) is 13.1. The van der Waals surface area contributed by atoms with Crippen molar-refractivity contribution in [3.05, 3.63) is 65.1 Å². The topological polar surface area (TPSA) is 68.3 Å². The van der Waals surface area contributed by atoms with Crippen LogP contribution < -0.4 is 10.1 Å². The van der Waals surface area contributed by atoms with Gasteiger partial charge in [-0.25, -0.2) is 4.98 Å². The lowest BCUT2D eigenvalue weighted by Gasteiger charge is -2.09. The van der Waals surface area contributed by atoms with Crippen LogP contribution >= 0.6 is 23.5 Å². The molecule has 0 atom stereocenters. The van der Waals surface area contributed by atoms with Crippen molar-refractivity contribution in [2.45, 2.75) is 9.92 Å². The highest BCUT2D eigenvalue weighted by Crippen LogP contribution is 2.35. The molecule has 4 rings (SSSR count). The number of amides is 2. The Hall–Kier alpha value is -2.77. The predicted molar refractivity (Wildman–Crippen MR) is 108 cm³/mol. The quantitative estimate of drug-likeness (QED) is 0.646. The van der Waals surface area contributed by atoms with E-state index in [1.54, 1.807) is 13.2 Å². The molecule has 5 nitrogen and oxygen atoms in total. The van der Waals surface area contributed by atoms with Crippen molar-refractivity contribution >= 4 is 51.6 Å². The molecule has 0 radical (unpaired) electrons. The molecule has 0 bridgehead atoms. The number of rotatable bonds is 4. The Labute approximate surface area is 164 Å². The highest BCUT2D eigenvalue weighted by molar-refractivity contribution is 8.18. The van der Waals surface area contributed by atoms with E-state index in [2.05, 4.69) is 5.32 Å². The van der Waals surface area contributed by atoms with Gasteiger partial charge in [-0.05, 0) is 54.2 Å². The van der Waals surface area contributed by atoms with Gasteiger partial charge in [0.1, 0.15) is 10.8 Å². The number of thioether (sulfide) groups is 1. The van der Waals surface area contributed by atoms with Gasteiger partial charge in [0.2, 0.25) is 0 Å². The molecule has 1 fully saturated rings. The summed E-state index contributed by atoms with van der Waals surface area (Å²) in [6, 6.07) is 17.5. The number of carbonyl (C=O) groups is 2. The molecule has 0 spiro atoms. The Morgan fingerprint density at radius 2 is 1.89 bits per heavy atom. The monoisotopic (exact) mass is 394 g/mol. The molecule has 134 valence electrons. The number of methoxy groups -OCH3 is 1. The molecule has 0 aliphatic carbocycles. The normalized spacial score (nSPS) is 15.4. The Morgan fingerprint density at radius 3 is 2.59 bits per heavy atom. The minimum Gasteiger partial charge on any atom is -0.497 e. The number of hydrogen-bond donors (Lipinski definition) is 1. The number of ether oxygens (including phenoxy) is 1. The van der Waals surface area contributed by atoms with E-state index in [9.17, 15) is 9.59 Å². The molecular weight excluding hydrogens is 380 g/mol. The molecule has 2 aromatic carbocycles. The highest BCUT2D eigenvalue weighted by atomic mass is 32.2. The number of benzene rings is 2. The first-order valence-electron chi connectivity index (χ1n) is 8.09. The van der Waals surface area contributed by atoms with Crippen LogP contribution in [0.4, 0.5) is 4.79 Å². The van der Waals surface area contributed by atoms with Gasteiger partial charge in [0.25, 0.3) is 11.1 Å². The van der Waals surface area contributed by atoms with Gasteiger partial charge >= 0.3 is 0 Å². The second kappa shape index (κ2) is 7.46. The minimum atomic E-state index is -0.376. The van der Waals surface area contributed by atoms with Crippen LogP contribution in [0.5, 0.6) is 5.75 Å². The summed E-state index contributed by atoms with van der Waals surface area (Å²) in [6.07, 6.45) is 1.72. The van der Waals surface area contributed by atoms with Crippen LogP contribution in [0, 0.1) is 0 Å². The fraction of sp³-hybridized carbons (Fsp3) is 0.0500. The first-order valence-corrected chi connectivity index (χ1v) is 9.72. The van der Waals surface area contributed by atoms with Crippen LogP contribution in [0.2, 0.25) is 0 Å². The fourth-order valence-electron chi connectivity index (χ4n) is 2.62. The van der Waals surface area contributed by atoms with E-state index in [1.807, 2.05) is 54.6 Å². The van der Waals surface area contributed by atoms with Crippen molar-refractivity contribution in [2.75, 3.05) is 7.11 Å². The smallest absolute Gasteiger partial charge is 0.290 e. The lowest BCUT2D eigenvalue weighted by atomic mass is 10.1. The predicted octanol–water partition coefficient (Wildman–Crippen LogP) is 4.72. The van der Waals surface area contributed by atoms with Crippen LogP contribution in [0.1, 0.15) is 5.56 Å². The number of hydrogen-bond acceptors (Lipinski definition) is 6. The number of nitrogens with zero attached hydrogens (tertiary/aromatic N) is 1. The average Bonchev–Trinajstić information content (AvgIpc) is 2.99. The number of fused-ring (bicyclic) bond motifs is 1. The highest BCUT2D eigenvalue weighted by Gasteiger charge is 2.25. The zero-order chi connectivity index (χ0) is 18.8. The van der Waals surface area contributed by atoms with Crippen LogP contribution in [-0.2, 0) is 4.79 Å². The summed E-state index contributed by atoms with van der Waals surface area (Å²) in [5.41, 5.74) is 1.66. The number of aromatic nitrogens is 1. The summed E-state index contributed by atoms with van der Waals surface area (Å²) in [5.74, 6) is 0.407. The third kappa shape index (κ3) is 3.84. The number of imide groups is 1. The molecular formula is C20H14N2O3S2. The van der Waals surface area contributed by atoms with E-state index in [4.69, 9.17) is 9.72 Å². The van der Waals surface area contributed by atoms with Crippen molar-refractivity contribution in [1.82, 2.24) is 10.3 Å². The lowest BCUT2D eigenvalue weighted by Crippen LogP contribution is -2.17. The number of nitrogens with one attached hydrogen (secondary N) is 1. The second-order valence-electron chi connectivity index (χ2n) is 5.71. The van der Waals surface area contributed by atoms with Crippen molar-refractivity contribution in [2.24, 2.45) is 0 Å². The van der Waals surface area contributed by atoms with Crippen LogP contribution in [-0.4, -0.2) is 23.2 Å². The summed E-state index contributed by atoms with van der Waals surface area (Å²) >= 11 is 2.40. The third-order valence-corrected chi connectivity index (χ3v) is 5.76. The first kappa shape index (κ1) is 17.6. The number of para-hydroxylation sites is 1.